The maximum absolute atomic E-state index is 13.6. The van der Waals surface area contributed by atoms with Crippen LogP contribution in [0.5, 0.6) is 0 Å². The van der Waals surface area contributed by atoms with Crippen LogP contribution in [0.25, 0.3) is 10.8 Å². The molecule has 7 nitrogen and oxygen atoms in total. The number of carbonyl (C=O) groups is 2. The molecule has 1 N–H and O–H groups in total. The van der Waals surface area contributed by atoms with E-state index < -0.39 is 16.1 Å². The highest BCUT2D eigenvalue weighted by atomic mass is 35.5. The summed E-state index contributed by atoms with van der Waals surface area (Å²) in [6, 6.07) is 15.2. The number of carbonyl (C=O) groups excluding carboxylic acids is 2. The Hall–Kier alpha value is -2.81. The third kappa shape index (κ3) is 6.03. The number of amides is 2. The fourth-order valence-electron chi connectivity index (χ4n) is 4.91. The summed E-state index contributed by atoms with van der Waals surface area (Å²) in [4.78, 5) is 28.6. The number of halogens is 2. The largest absolute Gasteiger partial charge is 0.352 e. The molecule has 39 heavy (non-hydrogen) atoms. The van der Waals surface area contributed by atoms with Gasteiger partial charge >= 0.3 is 0 Å². The Bertz CT molecular complexity index is 1490. The zero-order valence-electron chi connectivity index (χ0n) is 22.3. The minimum absolute atomic E-state index is 0.0295. The van der Waals surface area contributed by atoms with Gasteiger partial charge in [0.05, 0.1) is 20.6 Å². The van der Waals surface area contributed by atoms with Crippen LogP contribution in [0.1, 0.15) is 52.0 Å². The van der Waals surface area contributed by atoms with Crippen molar-refractivity contribution in [1.29, 1.82) is 0 Å². The molecule has 0 radical (unpaired) electrons. The van der Waals surface area contributed by atoms with Gasteiger partial charge in [-0.2, -0.15) is 0 Å². The number of sulfonamides is 1. The number of nitrogens with one attached hydrogen (secondary N) is 1. The number of anilines is 1. The van der Waals surface area contributed by atoms with Crippen LogP contribution in [0.2, 0.25) is 10.0 Å². The van der Waals surface area contributed by atoms with Crippen molar-refractivity contribution in [3.8, 4) is 0 Å². The van der Waals surface area contributed by atoms with Crippen LogP contribution < -0.4 is 9.62 Å². The lowest BCUT2D eigenvalue weighted by Crippen LogP contribution is -2.50. The maximum Gasteiger partial charge on any atom is 0.265 e. The third-order valence-electron chi connectivity index (χ3n) is 7.16. The lowest BCUT2D eigenvalue weighted by Gasteiger charge is -2.32. The molecule has 3 aromatic carbocycles. The van der Waals surface area contributed by atoms with E-state index in [-0.39, 0.29) is 42.3 Å². The standard InChI is InChI=1S/C29H33Cl2N3O4S/c1-4-19(3)32-29(36)24(5-2)33(18-20-14-15-22(30)23(31)17-20)27(35)13-8-16-34-25-11-6-9-21-10-7-12-26(28(21)25)39(34,37)38/h6-7,9-12,14-15,17,19,24H,4-5,8,13,16,18H2,1-3H3,(H,32,36). The van der Waals surface area contributed by atoms with Crippen LogP contribution in [0.15, 0.2) is 59.5 Å². The summed E-state index contributed by atoms with van der Waals surface area (Å²) in [7, 11) is -3.71. The lowest BCUT2D eigenvalue weighted by molar-refractivity contribution is -0.141. The lowest BCUT2D eigenvalue weighted by atomic mass is 10.1. The first-order valence-electron chi connectivity index (χ1n) is 13.2. The summed E-state index contributed by atoms with van der Waals surface area (Å²) in [5.74, 6) is -0.455. The zero-order chi connectivity index (χ0) is 28.3. The summed E-state index contributed by atoms with van der Waals surface area (Å²) < 4.78 is 28.0. The highest BCUT2D eigenvalue weighted by molar-refractivity contribution is 7.93. The number of nitrogens with zero attached hydrogens (tertiary/aromatic N) is 2. The molecule has 0 saturated carbocycles. The van der Waals surface area contributed by atoms with Crippen molar-refractivity contribution in [2.45, 2.75) is 70.0 Å². The van der Waals surface area contributed by atoms with Crippen LogP contribution in [-0.2, 0) is 26.2 Å². The molecule has 4 rings (SSSR count). The molecule has 0 saturated heterocycles. The quantitative estimate of drug-likeness (QED) is 0.290. The molecule has 1 aliphatic heterocycles. The molecular formula is C29H33Cl2N3O4S. The van der Waals surface area contributed by atoms with Gasteiger partial charge in [0.25, 0.3) is 10.0 Å². The predicted octanol–water partition coefficient (Wildman–Crippen LogP) is 6.16. The molecule has 3 aromatic rings. The Kier molecular flexibility index (Phi) is 9.09. The van der Waals surface area contributed by atoms with E-state index in [1.54, 1.807) is 41.3 Å². The number of hydrogen-bond donors (Lipinski definition) is 1. The van der Waals surface area contributed by atoms with E-state index in [1.165, 1.54) is 4.31 Å². The van der Waals surface area contributed by atoms with E-state index in [0.717, 1.165) is 17.4 Å². The Labute approximate surface area is 240 Å². The van der Waals surface area contributed by atoms with E-state index in [2.05, 4.69) is 5.32 Å². The summed E-state index contributed by atoms with van der Waals surface area (Å²) in [6.45, 7) is 6.10. The predicted molar refractivity (Wildman–Crippen MR) is 157 cm³/mol. The summed E-state index contributed by atoms with van der Waals surface area (Å²) in [6.07, 6.45) is 1.56. The van der Waals surface area contributed by atoms with E-state index in [1.807, 2.05) is 39.0 Å². The van der Waals surface area contributed by atoms with Gasteiger partial charge in [0.2, 0.25) is 11.8 Å². The van der Waals surface area contributed by atoms with Gasteiger partial charge in [-0.05, 0) is 61.4 Å². The molecule has 0 bridgehead atoms. The van der Waals surface area contributed by atoms with E-state index >= 15 is 0 Å². The molecule has 2 amide bonds. The van der Waals surface area contributed by atoms with Gasteiger partial charge in [-0.25, -0.2) is 8.42 Å². The average Bonchev–Trinajstić information content (AvgIpc) is 3.13. The normalized spacial score (nSPS) is 15.3. The molecule has 208 valence electrons. The fourth-order valence-corrected chi connectivity index (χ4v) is 6.98. The molecule has 2 unspecified atom stereocenters. The van der Waals surface area contributed by atoms with Crippen molar-refractivity contribution in [1.82, 2.24) is 10.2 Å². The second-order valence-corrected chi connectivity index (χ2v) is 12.5. The maximum atomic E-state index is 13.6. The first kappa shape index (κ1) is 29.2. The molecular weight excluding hydrogens is 557 g/mol. The molecule has 0 fully saturated rings. The first-order chi connectivity index (χ1) is 18.6. The summed E-state index contributed by atoms with van der Waals surface area (Å²) in [5, 5.41) is 5.33. The van der Waals surface area contributed by atoms with Gasteiger partial charge in [-0.3, -0.25) is 13.9 Å². The van der Waals surface area contributed by atoms with Crippen molar-refractivity contribution in [3.63, 3.8) is 0 Å². The SMILES string of the molecule is CCC(C)NC(=O)C(CC)N(Cc1ccc(Cl)c(Cl)c1)C(=O)CCCN1c2cccc3cccc(c23)S1(=O)=O. The Morgan fingerprint density at radius 1 is 1.00 bits per heavy atom. The zero-order valence-corrected chi connectivity index (χ0v) is 24.6. The van der Waals surface area contributed by atoms with Crippen molar-refractivity contribution in [3.05, 3.63) is 70.2 Å². The monoisotopic (exact) mass is 589 g/mol. The fraction of sp³-hybridized carbons (Fsp3) is 0.379. The van der Waals surface area contributed by atoms with Crippen LogP contribution in [-0.4, -0.2) is 43.8 Å². The second-order valence-electron chi connectivity index (χ2n) is 9.82. The minimum Gasteiger partial charge on any atom is -0.352 e. The number of hydrogen-bond acceptors (Lipinski definition) is 4. The molecule has 0 aromatic heterocycles. The van der Waals surface area contributed by atoms with Crippen molar-refractivity contribution < 1.29 is 18.0 Å². The molecule has 2 atom stereocenters. The first-order valence-corrected chi connectivity index (χ1v) is 15.4. The highest BCUT2D eigenvalue weighted by Gasteiger charge is 2.35. The molecule has 1 heterocycles. The van der Waals surface area contributed by atoms with Crippen LogP contribution in [0.4, 0.5) is 5.69 Å². The average molecular weight is 591 g/mol. The second kappa shape index (κ2) is 12.1. The summed E-state index contributed by atoms with van der Waals surface area (Å²) >= 11 is 12.3. The van der Waals surface area contributed by atoms with E-state index in [4.69, 9.17) is 23.2 Å². The van der Waals surface area contributed by atoms with Crippen LogP contribution in [0, 0.1) is 0 Å². The Balaban J connectivity index is 1.53. The Morgan fingerprint density at radius 3 is 2.38 bits per heavy atom. The van der Waals surface area contributed by atoms with Gasteiger partial charge in [-0.15, -0.1) is 0 Å². The van der Waals surface area contributed by atoms with Crippen LogP contribution >= 0.6 is 23.2 Å². The number of benzene rings is 3. The van der Waals surface area contributed by atoms with Gasteiger partial charge < -0.3 is 10.2 Å². The molecule has 0 aliphatic carbocycles. The highest BCUT2D eigenvalue weighted by Crippen LogP contribution is 2.42. The van der Waals surface area contributed by atoms with Gasteiger partial charge in [0.15, 0.2) is 0 Å². The van der Waals surface area contributed by atoms with Gasteiger partial charge in [0, 0.05) is 30.9 Å². The smallest absolute Gasteiger partial charge is 0.265 e. The van der Waals surface area contributed by atoms with Gasteiger partial charge in [-0.1, -0.05) is 67.4 Å². The number of rotatable bonds is 11. The molecule has 1 aliphatic rings. The third-order valence-corrected chi connectivity index (χ3v) is 9.75. The van der Waals surface area contributed by atoms with Crippen molar-refractivity contribution >= 4 is 61.5 Å². The molecule has 0 spiro atoms. The minimum atomic E-state index is -3.71. The summed E-state index contributed by atoms with van der Waals surface area (Å²) in [5.41, 5.74) is 1.37. The topological polar surface area (TPSA) is 86.8 Å². The van der Waals surface area contributed by atoms with Crippen LogP contribution in [0.3, 0.4) is 0 Å². The van der Waals surface area contributed by atoms with Crippen molar-refractivity contribution in [2.75, 3.05) is 10.8 Å². The van der Waals surface area contributed by atoms with Gasteiger partial charge in [0.1, 0.15) is 6.04 Å². The Morgan fingerprint density at radius 2 is 1.72 bits per heavy atom. The van der Waals surface area contributed by atoms with Crippen molar-refractivity contribution in [2.24, 2.45) is 0 Å². The van der Waals surface area contributed by atoms with E-state index in [0.29, 0.717) is 34.0 Å². The molecule has 10 heteroatoms. The van der Waals surface area contributed by atoms with E-state index in [9.17, 15) is 18.0 Å².